The smallest absolute Gasteiger partial charge is 0 e. The average Bonchev–Trinajstić information content (AvgIpc) is 2.54. The van der Waals surface area contributed by atoms with E-state index in [0.29, 0.717) is 0 Å². The fourth-order valence-corrected chi connectivity index (χ4v) is 0. The Morgan fingerprint density at radius 1 is 0.208 bits per heavy atom. The molecule has 0 aromatic carbocycles. The minimum absolute atomic E-state index is 0. The Bertz CT molecular complexity index is 30.0. The first-order chi connectivity index (χ1) is 8.00. The van der Waals surface area contributed by atoms with Gasteiger partial charge in [0.2, 0.25) is 0 Å². The molecule has 0 aliphatic heterocycles. The molecule has 4 nitrogen and oxygen atoms in total. The van der Waals surface area contributed by atoms with Crippen LogP contribution in [-0.4, -0.2) is 0 Å². The molecule has 0 rings (SSSR count). The second kappa shape index (κ2) is 1530. The Hall–Kier alpha value is 3.32. The van der Waals surface area contributed by atoms with Gasteiger partial charge in [-0.15, -0.1) is 0 Å². The van der Waals surface area contributed by atoms with E-state index in [4.69, 9.17) is 0 Å². The van der Waals surface area contributed by atoms with Crippen molar-refractivity contribution in [1.29, 1.82) is 0 Å². The standard InChI is InChI=1S/8C2H5.4Hf.4H2N/c8*1-2;;;;;;;;/h8*1H2,2H3;;;;;4*1H2/q8*-1;;;;;4*-1. The van der Waals surface area contributed by atoms with Crippen LogP contribution in [0.2, 0.25) is 0 Å². The van der Waals surface area contributed by atoms with Crippen LogP contribution in [0.3, 0.4) is 0 Å². The zero-order valence-electron chi connectivity index (χ0n) is 18.0. The molecule has 0 fully saturated rings. The van der Waals surface area contributed by atoms with Crippen molar-refractivity contribution in [2.24, 2.45) is 0 Å². The van der Waals surface area contributed by atoms with E-state index in [9.17, 15) is 0 Å². The molecule has 0 unspecified atom stereocenters. The van der Waals surface area contributed by atoms with Crippen molar-refractivity contribution in [1.82, 2.24) is 0 Å². The Balaban J connectivity index is -0.00000000208. The summed E-state index contributed by atoms with van der Waals surface area (Å²) in [5, 5.41) is 0. The van der Waals surface area contributed by atoms with Gasteiger partial charge in [-0.2, -0.15) is 55.4 Å². The molecular formula is C16H48Hf4N4-12. The van der Waals surface area contributed by atoms with Crippen LogP contribution in [0.4, 0.5) is 0 Å². The Kier molecular flexibility index (Phi) is 9420. The van der Waals surface area contributed by atoms with Gasteiger partial charge in [0.25, 0.3) is 0 Å². The maximum absolute atomic E-state index is 3.25. The quantitative estimate of drug-likeness (QED) is 0.169. The van der Waals surface area contributed by atoms with Gasteiger partial charge >= 0.3 is 0 Å². The van der Waals surface area contributed by atoms with Crippen molar-refractivity contribution >= 4 is 0 Å². The maximum atomic E-state index is 3.25. The van der Waals surface area contributed by atoms with Crippen LogP contribution >= 0.6 is 0 Å². The van der Waals surface area contributed by atoms with Gasteiger partial charge in [-0.25, -0.2) is 0 Å². The van der Waals surface area contributed by atoms with Crippen LogP contribution in [-0.2, 0) is 103 Å². The van der Waals surface area contributed by atoms with Gasteiger partial charge < -0.3 is 80.0 Å². The summed E-state index contributed by atoms with van der Waals surface area (Å²) in [6.45, 7) is 40.0. The van der Waals surface area contributed by atoms with E-state index in [2.05, 4.69) is 55.4 Å². The first-order valence-electron chi connectivity index (χ1n) is 5.66. The predicted molar refractivity (Wildman–Crippen MR) is 109 cm³/mol. The van der Waals surface area contributed by atoms with Gasteiger partial charge in [-0.05, 0) is 0 Å². The van der Waals surface area contributed by atoms with Crippen LogP contribution in [0.1, 0.15) is 55.4 Å². The van der Waals surface area contributed by atoms with Gasteiger partial charge in [-0.3, -0.25) is 0 Å². The summed E-state index contributed by atoms with van der Waals surface area (Å²) in [5.41, 5.74) is 0. The van der Waals surface area contributed by atoms with E-state index in [1.165, 1.54) is 0 Å². The number of hydrogen-bond donors (Lipinski definition) is 0. The fourth-order valence-electron chi connectivity index (χ4n) is 0. The number of rotatable bonds is 0. The monoisotopic (exact) mass is 1020 g/mol. The zero-order valence-corrected chi connectivity index (χ0v) is 32.3. The Labute approximate surface area is 235 Å². The summed E-state index contributed by atoms with van der Waals surface area (Å²) >= 11 is 0. The summed E-state index contributed by atoms with van der Waals surface area (Å²) in [4.78, 5) is 0. The van der Waals surface area contributed by atoms with E-state index in [0.717, 1.165) is 0 Å². The summed E-state index contributed by atoms with van der Waals surface area (Å²) in [5.74, 6) is 0. The van der Waals surface area contributed by atoms with E-state index in [1.807, 2.05) is 0 Å². The number of hydrogen-bond acceptors (Lipinski definition) is 0. The van der Waals surface area contributed by atoms with Crippen molar-refractivity contribution in [2.75, 3.05) is 0 Å². The van der Waals surface area contributed by atoms with Gasteiger partial charge in [0.05, 0.1) is 0 Å². The van der Waals surface area contributed by atoms with Crippen molar-refractivity contribution in [3.63, 3.8) is 0 Å². The van der Waals surface area contributed by atoms with Crippen molar-refractivity contribution < 1.29 is 103 Å². The van der Waals surface area contributed by atoms with Crippen molar-refractivity contribution in [2.45, 2.75) is 55.4 Å². The van der Waals surface area contributed by atoms with Gasteiger partial charge in [0, 0.05) is 103 Å². The normalized spacial score (nSPS) is 2.00. The van der Waals surface area contributed by atoms with Crippen LogP contribution in [0, 0.1) is 55.4 Å². The Morgan fingerprint density at radius 3 is 0.208 bits per heavy atom. The van der Waals surface area contributed by atoms with Crippen LogP contribution in [0.5, 0.6) is 0 Å². The molecule has 0 saturated heterocycles. The Morgan fingerprint density at radius 2 is 0.208 bits per heavy atom. The first-order valence-corrected chi connectivity index (χ1v) is 5.66. The summed E-state index contributed by atoms with van der Waals surface area (Å²) < 4.78 is 0. The van der Waals surface area contributed by atoms with E-state index < -0.39 is 0 Å². The SMILES string of the molecule is [CH2-]C.[CH2-]C.[CH2-]C.[CH2-]C.[CH2-]C.[CH2-]C.[CH2-]C.[CH2-]C.[Hf].[Hf].[Hf].[Hf].[NH2-].[NH2-].[NH2-].[NH2-]. The summed E-state index contributed by atoms with van der Waals surface area (Å²) in [7, 11) is 0. The maximum Gasteiger partial charge on any atom is 0 e. The van der Waals surface area contributed by atoms with Crippen LogP contribution in [0.15, 0.2) is 0 Å². The molecule has 0 aliphatic carbocycles. The molecule has 0 aromatic heterocycles. The second-order valence-electron chi connectivity index (χ2n) is 0. The van der Waals surface area contributed by atoms with E-state index in [-0.39, 0.29) is 128 Å². The minimum atomic E-state index is 0. The van der Waals surface area contributed by atoms with Crippen molar-refractivity contribution in [3.05, 3.63) is 80.0 Å². The zero-order chi connectivity index (χ0) is 16.0. The van der Waals surface area contributed by atoms with Crippen molar-refractivity contribution in [3.8, 4) is 0 Å². The predicted octanol–water partition coefficient (Wildman–Crippen LogP) is 9.58. The second-order valence-corrected chi connectivity index (χ2v) is 0. The largest absolute Gasteiger partial charge is 0.693 e. The molecule has 160 valence electrons. The van der Waals surface area contributed by atoms with E-state index >= 15 is 0 Å². The van der Waals surface area contributed by atoms with Crippen LogP contribution in [0.25, 0.3) is 24.6 Å². The third-order valence-electron chi connectivity index (χ3n) is 0. The van der Waals surface area contributed by atoms with Crippen LogP contribution < -0.4 is 0 Å². The molecular weight excluding hydrogens is 962 g/mol. The fraction of sp³-hybridized carbons (Fsp3) is 0.500. The molecule has 0 spiro atoms. The molecule has 0 heterocycles. The molecule has 0 amide bonds. The van der Waals surface area contributed by atoms with Gasteiger partial charge in [0.15, 0.2) is 0 Å². The summed E-state index contributed by atoms with van der Waals surface area (Å²) in [6.07, 6.45) is 0. The third-order valence-corrected chi connectivity index (χ3v) is 0. The third kappa shape index (κ3) is 1360. The van der Waals surface area contributed by atoms with E-state index in [1.54, 1.807) is 55.4 Å². The minimum Gasteiger partial charge on any atom is -0.693 e. The molecule has 0 bridgehead atoms. The average molecular weight is 1010 g/mol. The topological polar surface area (TPSA) is 134 Å². The van der Waals surface area contributed by atoms with Gasteiger partial charge in [0.1, 0.15) is 0 Å². The molecule has 8 N–H and O–H groups in total. The molecule has 0 aliphatic rings. The molecule has 0 atom stereocenters. The molecule has 0 saturated carbocycles. The number of nitrogens with two attached hydrogens (primary N) is 4. The first kappa shape index (κ1) is 148. The molecule has 0 radical (unpaired) electrons. The molecule has 24 heavy (non-hydrogen) atoms. The van der Waals surface area contributed by atoms with Gasteiger partial charge in [-0.1, -0.05) is 0 Å². The molecule has 0 aromatic rings. The molecule has 8 heteroatoms. The summed E-state index contributed by atoms with van der Waals surface area (Å²) in [6, 6.07) is 0.